The summed E-state index contributed by atoms with van der Waals surface area (Å²) in [5.74, 6) is 0.0114. The lowest BCUT2D eigenvalue weighted by Gasteiger charge is -2.63. The Balaban J connectivity index is 1.17. The minimum absolute atomic E-state index is 0.0514. The van der Waals surface area contributed by atoms with Crippen molar-refractivity contribution in [1.82, 2.24) is 0 Å². The summed E-state index contributed by atoms with van der Waals surface area (Å²) >= 11 is 0. The van der Waals surface area contributed by atoms with Crippen molar-refractivity contribution < 1.29 is 74.4 Å². The van der Waals surface area contributed by atoms with Crippen LogP contribution in [0.2, 0.25) is 0 Å². The normalized spacial score (nSPS) is 57.1. The van der Waals surface area contributed by atoms with Gasteiger partial charge in [0, 0.05) is 0 Å². The molecule has 55 heavy (non-hydrogen) atoms. The summed E-state index contributed by atoms with van der Waals surface area (Å²) in [7, 11) is 0. The van der Waals surface area contributed by atoms with Crippen molar-refractivity contribution >= 4 is 0 Å². The summed E-state index contributed by atoms with van der Waals surface area (Å²) < 4.78 is 37.8. The van der Waals surface area contributed by atoms with E-state index in [1.807, 2.05) is 6.92 Å². The number of aliphatic hydroxyl groups excluding tert-OH is 9. The minimum Gasteiger partial charge on any atom is -0.394 e. The summed E-state index contributed by atoms with van der Waals surface area (Å²) in [6.45, 7) is 10.2. The van der Waals surface area contributed by atoms with E-state index in [1.165, 1.54) is 0 Å². The number of hydrogen-bond donors (Lipinski definition) is 9. The Bertz CT molecular complexity index is 1310. The van der Waals surface area contributed by atoms with Gasteiger partial charge in [-0.3, -0.25) is 0 Å². The molecule has 15 nitrogen and oxygen atoms in total. The highest BCUT2D eigenvalue weighted by atomic mass is 16.7. The zero-order chi connectivity index (χ0) is 39.8. The van der Waals surface area contributed by atoms with E-state index in [4.69, 9.17) is 28.4 Å². The van der Waals surface area contributed by atoms with E-state index in [-0.39, 0.29) is 46.5 Å². The first-order valence-corrected chi connectivity index (χ1v) is 20.9. The maximum atomic E-state index is 11.1. The molecule has 4 aliphatic carbocycles. The van der Waals surface area contributed by atoms with Crippen LogP contribution in [0.15, 0.2) is 0 Å². The highest BCUT2D eigenvalue weighted by molar-refractivity contribution is 5.13. The molecule has 0 aromatic carbocycles. The summed E-state index contributed by atoms with van der Waals surface area (Å²) in [4.78, 5) is 0. The van der Waals surface area contributed by atoms with Crippen LogP contribution >= 0.6 is 0 Å². The first-order chi connectivity index (χ1) is 26.0. The Hall–Kier alpha value is -0.600. The molecule has 7 aliphatic rings. The number of ether oxygens (including phenoxy) is 6. The molecular weight excluding hydrogens is 720 g/mol. The molecule has 3 saturated heterocycles. The zero-order valence-electron chi connectivity index (χ0n) is 33.0. The number of fused-ring (bicyclic) bond motifs is 5. The molecule has 7 rings (SSSR count). The molecule has 15 heteroatoms. The number of rotatable bonds is 9. The third kappa shape index (κ3) is 7.37. The fraction of sp³-hybridized carbons (Fsp3) is 1.00. The Kier molecular flexibility index (Phi) is 12.5. The Morgan fingerprint density at radius 1 is 0.636 bits per heavy atom. The van der Waals surface area contributed by atoms with E-state index in [9.17, 15) is 46.0 Å². The molecule has 0 radical (unpaired) electrons. The quantitative estimate of drug-likeness (QED) is 0.142. The van der Waals surface area contributed by atoms with Crippen LogP contribution in [0.3, 0.4) is 0 Å². The topological polar surface area (TPSA) is 237 Å². The van der Waals surface area contributed by atoms with Gasteiger partial charge >= 0.3 is 0 Å². The van der Waals surface area contributed by atoms with E-state index in [1.54, 1.807) is 0 Å². The van der Waals surface area contributed by atoms with Gasteiger partial charge in [-0.1, -0.05) is 34.1 Å². The smallest absolute Gasteiger partial charge is 0.191 e. The molecule has 0 bridgehead atoms. The van der Waals surface area contributed by atoms with Gasteiger partial charge in [0.15, 0.2) is 18.4 Å². The van der Waals surface area contributed by atoms with Crippen LogP contribution < -0.4 is 0 Å². The summed E-state index contributed by atoms with van der Waals surface area (Å²) in [5, 5.41) is 94.8. The standard InChI is InChI=1S/C40H68O15/c1-6-21-26(55-40(5)29(43)11-18(2)17-50-40)14-23-20-13-25(52-37-35(49)33(47)31(45)28(16-42)54-37)24-12-19(7-9-39(24,4)22(20)8-10-38(21,23)3)51-36-34(48)32(46)30(44)27(15-41)53-36/h18-37,41-49H,6-17H2,1-5H3/t18-,19+,20-,21+,22+,23+,24-,25+,26+,27?,28?,29?,30-,31-,32+,33+,34?,35?,36-,37-,38-,39-,40+/m1/s1. The fourth-order valence-electron chi connectivity index (χ4n) is 12.7. The van der Waals surface area contributed by atoms with Crippen LogP contribution in [0.4, 0.5) is 0 Å². The second-order valence-electron chi connectivity index (χ2n) is 19.0. The van der Waals surface area contributed by atoms with Gasteiger partial charge in [0.2, 0.25) is 0 Å². The number of hydrogen-bond acceptors (Lipinski definition) is 15. The molecule has 0 aromatic rings. The number of aliphatic hydroxyl groups is 9. The van der Waals surface area contributed by atoms with Gasteiger partial charge in [0.05, 0.1) is 38.1 Å². The highest BCUT2D eigenvalue weighted by Gasteiger charge is 2.65. The van der Waals surface area contributed by atoms with Crippen molar-refractivity contribution in [3.8, 4) is 0 Å². The lowest BCUT2D eigenvalue weighted by molar-refractivity contribution is -0.335. The Morgan fingerprint density at radius 2 is 1.24 bits per heavy atom. The van der Waals surface area contributed by atoms with Crippen LogP contribution in [0.1, 0.15) is 92.4 Å². The van der Waals surface area contributed by atoms with E-state index >= 15 is 0 Å². The van der Waals surface area contributed by atoms with Crippen LogP contribution in [-0.4, -0.2) is 157 Å². The van der Waals surface area contributed by atoms with Gasteiger partial charge in [-0.2, -0.15) is 0 Å². The van der Waals surface area contributed by atoms with Gasteiger partial charge in [0.25, 0.3) is 0 Å². The monoisotopic (exact) mass is 788 g/mol. The maximum absolute atomic E-state index is 11.1. The first-order valence-electron chi connectivity index (χ1n) is 20.9. The molecule has 0 spiro atoms. The zero-order valence-corrected chi connectivity index (χ0v) is 33.0. The van der Waals surface area contributed by atoms with Gasteiger partial charge in [0.1, 0.15) is 54.9 Å². The van der Waals surface area contributed by atoms with Gasteiger partial charge in [-0.15, -0.1) is 0 Å². The molecule has 23 atom stereocenters. The van der Waals surface area contributed by atoms with Gasteiger partial charge in [-0.05, 0) is 105 Å². The lowest BCUT2D eigenvalue weighted by Crippen LogP contribution is -2.63. The Labute approximate surface area is 324 Å². The first kappa shape index (κ1) is 42.5. The van der Waals surface area contributed by atoms with Crippen molar-refractivity contribution in [3.63, 3.8) is 0 Å². The second kappa shape index (κ2) is 16.1. The van der Waals surface area contributed by atoms with Crippen LogP contribution in [0.25, 0.3) is 0 Å². The summed E-state index contributed by atoms with van der Waals surface area (Å²) in [6, 6.07) is 0. The van der Waals surface area contributed by atoms with Crippen molar-refractivity contribution in [2.45, 2.75) is 184 Å². The van der Waals surface area contributed by atoms with Crippen molar-refractivity contribution in [1.29, 1.82) is 0 Å². The molecule has 3 aliphatic heterocycles. The van der Waals surface area contributed by atoms with E-state index < -0.39 is 98.7 Å². The van der Waals surface area contributed by atoms with Crippen LogP contribution in [0, 0.1) is 46.3 Å². The largest absolute Gasteiger partial charge is 0.394 e. The van der Waals surface area contributed by atoms with Crippen molar-refractivity contribution in [2.24, 2.45) is 46.3 Å². The predicted octanol–water partition coefficient (Wildman–Crippen LogP) is 0.164. The molecule has 0 amide bonds. The highest BCUT2D eigenvalue weighted by Crippen LogP contribution is 2.69. The average molecular weight is 789 g/mol. The molecule has 3 heterocycles. The van der Waals surface area contributed by atoms with E-state index in [0.29, 0.717) is 38.2 Å². The Morgan fingerprint density at radius 3 is 1.82 bits per heavy atom. The second-order valence-corrected chi connectivity index (χ2v) is 19.0. The molecule has 4 saturated carbocycles. The molecule has 5 unspecified atom stereocenters. The average Bonchev–Trinajstić information content (AvgIpc) is 3.44. The molecule has 7 fully saturated rings. The SMILES string of the molecule is CC[C@H]1[C@@H](O[C@]2(C)OC[C@H](C)CC2O)C[C@H]2[C@@H]3C[C@H](O[C@@H]4OC(CO)[C@@H](O)[C@H](O)C4O)[C@H]4C[C@@H](O[C@@H]5OC(CO)[C@@H](O)[C@H](O)C5O)CC[C@]4(C)[C@H]3CC[C@@]21C. The summed E-state index contributed by atoms with van der Waals surface area (Å²) in [6.07, 6.45) is -9.11. The summed E-state index contributed by atoms with van der Waals surface area (Å²) in [5.41, 5.74) is -0.312. The van der Waals surface area contributed by atoms with Crippen molar-refractivity contribution in [3.05, 3.63) is 0 Å². The van der Waals surface area contributed by atoms with Crippen molar-refractivity contribution in [2.75, 3.05) is 19.8 Å². The lowest BCUT2D eigenvalue weighted by atomic mass is 9.44. The predicted molar refractivity (Wildman–Crippen MR) is 193 cm³/mol. The molecular formula is C40H68O15. The van der Waals surface area contributed by atoms with E-state index in [2.05, 4.69) is 27.7 Å². The maximum Gasteiger partial charge on any atom is 0.191 e. The molecule has 9 N–H and O–H groups in total. The third-order valence-electron chi connectivity index (χ3n) is 15.9. The van der Waals surface area contributed by atoms with Gasteiger partial charge in [-0.25, -0.2) is 0 Å². The molecule has 318 valence electrons. The van der Waals surface area contributed by atoms with E-state index in [0.717, 1.165) is 32.1 Å². The fourth-order valence-corrected chi connectivity index (χ4v) is 12.7. The van der Waals surface area contributed by atoms with Crippen LogP contribution in [-0.2, 0) is 28.4 Å². The third-order valence-corrected chi connectivity index (χ3v) is 15.9. The van der Waals surface area contributed by atoms with Crippen LogP contribution in [0.5, 0.6) is 0 Å². The van der Waals surface area contributed by atoms with Gasteiger partial charge < -0.3 is 74.4 Å². The molecule has 0 aromatic heterocycles. The minimum atomic E-state index is -1.59.